The Balaban J connectivity index is 1.31. The van der Waals surface area contributed by atoms with Crippen LogP contribution in [0.15, 0.2) is 12.3 Å². The third kappa shape index (κ3) is 4.66. The molecule has 0 aliphatic carbocycles. The highest BCUT2D eigenvalue weighted by Crippen LogP contribution is 2.26. The zero-order valence-corrected chi connectivity index (χ0v) is 17.9. The molecular formula is C22H32N6O. The van der Waals surface area contributed by atoms with E-state index >= 15 is 0 Å². The lowest BCUT2D eigenvalue weighted by atomic mass is 9.95. The van der Waals surface area contributed by atoms with Crippen LogP contribution in [-0.4, -0.2) is 62.1 Å². The number of hydrogen-bond donors (Lipinski definition) is 0. The fourth-order valence-corrected chi connectivity index (χ4v) is 4.45. The summed E-state index contributed by atoms with van der Waals surface area (Å²) >= 11 is 0. The summed E-state index contributed by atoms with van der Waals surface area (Å²) in [4.78, 5) is 26.6. The van der Waals surface area contributed by atoms with Gasteiger partial charge in [0, 0.05) is 55.8 Å². The van der Waals surface area contributed by atoms with Gasteiger partial charge in [-0.05, 0) is 59.3 Å². The Labute approximate surface area is 173 Å². The minimum atomic E-state index is 0.219. The molecule has 2 aromatic rings. The van der Waals surface area contributed by atoms with Crippen LogP contribution in [0, 0.1) is 13.8 Å². The Kier molecular flexibility index (Phi) is 5.94. The van der Waals surface area contributed by atoms with Gasteiger partial charge >= 0.3 is 0 Å². The topological polar surface area (TPSA) is 67.2 Å². The highest BCUT2D eigenvalue weighted by Gasteiger charge is 2.25. The lowest BCUT2D eigenvalue weighted by Gasteiger charge is -2.30. The summed E-state index contributed by atoms with van der Waals surface area (Å²) in [5.74, 6) is 1.70. The number of rotatable bonds is 5. The van der Waals surface area contributed by atoms with E-state index in [2.05, 4.69) is 35.0 Å². The highest BCUT2D eigenvalue weighted by molar-refractivity contribution is 5.76. The normalized spacial score (nSPS) is 18.1. The number of hydrogen-bond acceptors (Lipinski definition) is 5. The summed E-state index contributed by atoms with van der Waals surface area (Å²) in [6.45, 7) is 8.48. The zero-order valence-electron chi connectivity index (χ0n) is 17.9. The predicted octanol–water partition coefficient (Wildman–Crippen LogP) is 2.46. The molecule has 0 spiro atoms. The van der Waals surface area contributed by atoms with Crippen LogP contribution in [-0.2, 0) is 24.3 Å². The van der Waals surface area contributed by atoms with Gasteiger partial charge in [-0.2, -0.15) is 5.10 Å². The van der Waals surface area contributed by atoms with Gasteiger partial charge in [-0.1, -0.05) is 0 Å². The second-order valence-corrected chi connectivity index (χ2v) is 8.60. The summed E-state index contributed by atoms with van der Waals surface area (Å²) in [6, 6.07) is 2.07. The second-order valence-electron chi connectivity index (χ2n) is 8.60. The van der Waals surface area contributed by atoms with Gasteiger partial charge in [0.25, 0.3) is 0 Å². The Hall–Kier alpha value is -2.28. The molecule has 0 radical (unpaired) electrons. The predicted molar refractivity (Wildman–Crippen MR) is 112 cm³/mol. The number of nitrogens with zero attached hydrogens (tertiary/aromatic N) is 6. The Morgan fingerprint density at radius 1 is 1.21 bits per heavy atom. The first-order valence-electron chi connectivity index (χ1n) is 10.8. The van der Waals surface area contributed by atoms with Gasteiger partial charge in [0.2, 0.25) is 5.91 Å². The Morgan fingerprint density at radius 2 is 2.00 bits per heavy atom. The van der Waals surface area contributed by atoms with E-state index in [1.165, 1.54) is 0 Å². The van der Waals surface area contributed by atoms with Crippen LogP contribution in [0.5, 0.6) is 0 Å². The van der Waals surface area contributed by atoms with Crippen LogP contribution in [0.3, 0.4) is 0 Å². The summed E-state index contributed by atoms with van der Waals surface area (Å²) in [7, 11) is 2.17. The Morgan fingerprint density at radius 3 is 2.72 bits per heavy atom. The molecule has 2 aliphatic heterocycles. The number of likely N-dealkylation sites (tertiary alicyclic amines) is 1. The van der Waals surface area contributed by atoms with Crippen molar-refractivity contribution in [1.82, 2.24) is 29.5 Å². The third-order valence-electron chi connectivity index (χ3n) is 6.25. The standard InChI is InChI=1S/C22H32N6O/c1-16-13-17(2)28(25-16)9-4-5-21(29)27-12-8-20-19(15-27)14-23-22(24-20)18-6-10-26(3)11-7-18/h13-14,18H,4-12,15H2,1-3H3. The fraction of sp³-hybridized carbons (Fsp3) is 0.636. The molecule has 156 valence electrons. The first-order valence-corrected chi connectivity index (χ1v) is 10.8. The number of carbonyl (C=O) groups is 1. The average Bonchev–Trinajstić information content (AvgIpc) is 3.04. The smallest absolute Gasteiger partial charge is 0.222 e. The van der Waals surface area contributed by atoms with E-state index in [0.717, 1.165) is 80.3 Å². The van der Waals surface area contributed by atoms with E-state index in [1.54, 1.807) is 0 Å². The summed E-state index contributed by atoms with van der Waals surface area (Å²) in [6.07, 6.45) is 6.44. The zero-order chi connectivity index (χ0) is 20.4. The highest BCUT2D eigenvalue weighted by atomic mass is 16.2. The molecule has 29 heavy (non-hydrogen) atoms. The van der Waals surface area contributed by atoms with Crippen molar-refractivity contribution in [3.05, 3.63) is 40.7 Å². The summed E-state index contributed by atoms with van der Waals surface area (Å²) in [5, 5.41) is 4.47. The van der Waals surface area contributed by atoms with Gasteiger partial charge in [-0.15, -0.1) is 0 Å². The third-order valence-corrected chi connectivity index (χ3v) is 6.25. The molecule has 1 saturated heterocycles. The van der Waals surface area contributed by atoms with Crippen LogP contribution in [0.25, 0.3) is 0 Å². The van der Waals surface area contributed by atoms with Crippen molar-refractivity contribution in [2.45, 2.75) is 65.0 Å². The molecule has 2 aliphatic rings. The van der Waals surface area contributed by atoms with E-state index in [9.17, 15) is 4.79 Å². The molecule has 2 aromatic heterocycles. The number of aryl methyl sites for hydroxylation is 3. The maximum atomic E-state index is 12.7. The van der Waals surface area contributed by atoms with Crippen LogP contribution in [0.2, 0.25) is 0 Å². The van der Waals surface area contributed by atoms with Crippen molar-refractivity contribution in [2.75, 3.05) is 26.7 Å². The molecule has 0 aromatic carbocycles. The molecule has 7 heteroatoms. The molecule has 0 saturated carbocycles. The monoisotopic (exact) mass is 396 g/mol. The number of fused-ring (bicyclic) bond motifs is 1. The van der Waals surface area contributed by atoms with Crippen molar-refractivity contribution in [3.8, 4) is 0 Å². The number of carbonyl (C=O) groups excluding carboxylic acids is 1. The van der Waals surface area contributed by atoms with Crippen LogP contribution in [0.4, 0.5) is 0 Å². The van der Waals surface area contributed by atoms with Crippen molar-refractivity contribution >= 4 is 5.91 Å². The number of aromatic nitrogens is 4. The first-order chi connectivity index (χ1) is 14.0. The van der Waals surface area contributed by atoms with Gasteiger partial charge in [0.1, 0.15) is 5.82 Å². The molecule has 1 amide bonds. The van der Waals surface area contributed by atoms with E-state index in [0.29, 0.717) is 18.9 Å². The molecular weight excluding hydrogens is 364 g/mol. The SMILES string of the molecule is Cc1cc(C)n(CCCC(=O)N2CCc3nc(C4CCN(C)CC4)ncc3C2)n1. The first kappa shape index (κ1) is 20.0. The van der Waals surface area contributed by atoms with Crippen molar-refractivity contribution in [1.29, 1.82) is 0 Å². The van der Waals surface area contributed by atoms with Gasteiger partial charge in [0.15, 0.2) is 0 Å². The van der Waals surface area contributed by atoms with E-state index in [4.69, 9.17) is 4.98 Å². The van der Waals surface area contributed by atoms with Crippen molar-refractivity contribution in [3.63, 3.8) is 0 Å². The van der Waals surface area contributed by atoms with E-state index in [-0.39, 0.29) is 5.91 Å². The van der Waals surface area contributed by atoms with Crippen LogP contribution < -0.4 is 0 Å². The average molecular weight is 397 g/mol. The second kappa shape index (κ2) is 8.61. The van der Waals surface area contributed by atoms with Gasteiger partial charge in [0.05, 0.1) is 11.4 Å². The van der Waals surface area contributed by atoms with Crippen molar-refractivity contribution < 1.29 is 4.79 Å². The largest absolute Gasteiger partial charge is 0.338 e. The fourth-order valence-electron chi connectivity index (χ4n) is 4.45. The summed E-state index contributed by atoms with van der Waals surface area (Å²) in [5.41, 5.74) is 4.43. The maximum Gasteiger partial charge on any atom is 0.222 e. The number of piperidine rings is 1. The molecule has 0 atom stereocenters. The van der Waals surface area contributed by atoms with Crippen LogP contribution in [0.1, 0.15) is 60.1 Å². The molecule has 0 N–H and O–H groups in total. The molecule has 1 fully saturated rings. The van der Waals surface area contributed by atoms with Gasteiger partial charge < -0.3 is 9.80 Å². The maximum absolute atomic E-state index is 12.7. The lowest BCUT2D eigenvalue weighted by molar-refractivity contribution is -0.132. The molecule has 0 bridgehead atoms. The molecule has 7 nitrogen and oxygen atoms in total. The van der Waals surface area contributed by atoms with Crippen LogP contribution >= 0.6 is 0 Å². The summed E-state index contributed by atoms with van der Waals surface area (Å²) < 4.78 is 1.99. The Bertz CT molecular complexity index is 868. The molecule has 4 rings (SSSR count). The minimum Gasteiger partial charge on any atom is -0.338 e. The van der Waals surface area contributed by atoms with E-state index in [1.807, 2.05) is 22.7 Å². The van der Waals surface area contributed by atoms with Crippen molar-refractivity contribution in [2.24, 2.45) is 0 Å². The molecule has 0 unspecified atom stereocenters. The quantitative estimate of drug-likeness (QED) is 0.777. The van der Waals surface area contributed by atoms with E-state index < -0.39 is 0 Å². The number of amides is 1. The van der Waals surface area contributed by atoms with Gasteiger partial charge in [-0.3, -0.25) is 9.48 Å². The minimum absolute atomic E-state index is 0.219. The lowest BCUT2D eigenvalue weighted by Crippen LogP contribution is -2.37. The molecule has 4 heterocycles. The van der Waals surface area contributed by atoms with Gasteiger partial charge in [-0.25, -0.2) is 9.97 Å².